The lowest BCUT2D eigenvalue weighted by molar-refractivity contribution is -0.229. The number of aliphatic hydroxyl groups is 2. The van der Waals surface area contributed by atoms with Crippen molar-refractivity contribution in [2.24, 2.45) is 21.0 Å². The quantitative estimate of drug-likeness (QED) is 0.302. The lowest BCUT2D eigenvalue weighted by Gasteiger charge is -2.51. The maximum atomic E-state index is 11.9. The summed E-state index contributed by atoms with van der Waals surface area (Å²) in [7, 11) is 0. The molecule has 12 heteroatoms. The highest BCUT2D eigenvalue weighted by atomic mass is 16.5. The fourth-order valence-corrected chi connectivity index (χ4v) is 3.80. The van der Waals surface area contributed by atoms with Gasteiger partial charge in [0.1, 0.15) is 12.6 Å². The van der Waals surface area contributed by atoms with Crippen LogP contribution in [0.15, 0.2) is 27.6 Å². The van der Waals surface area contributed by atoms with Gasteiger partial charge in [-0.05, 0) is 6.92 Å². The monoisotopic (exact) mass is 366 g/mol. The van der Waals surface area contributed by atoms with Crippen LogP contribution in [0.2, 0.25) is 0 Å². The van der Waals surface area contributed by atoms with E-state index in [1.165, 1.54) is 0 Å². The average Bonchev–Trinajstić information content (AvgIpc) is 3.09. The number of hydrogen-bond acceptors (Lipinski definition) is 11. The Labute approximate surface area is 149 Å². The number of carbonyl (C=O) groups excluding carboxylic acids is 1. The first-order valence-corrected chi connectivity index (χ1v) is 8.31. The van der Waals surface area contributed by atoms with Crippen LogP contribution in [0.5, 0.6) is 0 Å². The van der Waals surface area contributed by atoms with Gasteiger partial charge in [0, 0.05) is 13.0 Å². The third kappa shape index (κ3) is 2.36. The molecule has 0 aromatic carbocycles. The van der Waals surface area contributed by atoms with Crippen molar-refractivity contribution in [1.29, 1.82) is 0 Å². The molecule has 4 rings (SSSR count). The van der Waals surface area contributed by atoms with Gasteiger partial charge < -0.3 is 41.5 Å². The van der Waals surface area contributed by atoms with E-state index < -0.39 is 35.3 Å². The zero-order valence-corrected chi connectivity index (χ0v) is 14.3. The van der Waals surface area contributed by atoms with Gasteiger partial charge in [0.05, 0.1) is 18.4 Å². The van der Waals surface area contributed by atoms with Gasteiger partial charge in [0.2, 0.25) is 11.4 Å². The van der Waals surface area contributed by atoms with Gasteiger partial charge in [-0.2, -0.15) is 10.2 Å². The van der Waals surface area contributed by atoms with Gasteiger partial charge in [-0.3, -0.25) is 0 Å². The number of ether oxygens (including phenoxy) is 1. The fourth-order valence-electron chi connectivity index (χ4n) is 3.80. The normalized spacial score (nSPS) is 35.0. The van der Waals surface area contributed by atoms with Gasteiger partial charge in [0.15, 0.2) is 11.6 Å². The molecule has 0 saturated carbocycles. The number of rotatable bonds is 4. The molecule has 4 heterocycles. The Balaban J connectivity index is 1.46. The zero-order valence-electron chi connectivity index (χ0n) is 14.3. The standard InChI is InChI=1S/C14H22N8O4/c1-7-17-8(5-26-11(23)16-6-12(2)20-21-12)9-14(19-10(15)18-9)13(24,25)3-4-22(7)14/h8-9,17,24-25H,1,3-6H2,2H3,(H,16,23)(H3,15,18,19). The van der Waals surface area contributed by atoms with Crippen LogP contribution in [0.1, 0.15) is 13.3 Å². The van der Waals surface area contributed by atoms with E-state index in [1.807, 2.05) is 0 Å². The van der Waals surface area contributed by atoms with Crippen molar-refractivity contribution in [2.75, 3.05) is 19.7 Å². The molecule has 7 N–H and O–H groups in total. The molecule has 26 heavy (non-hydrogen) atoms. The van der Waals surface area contributed by atoms with Crippen LogP contribution in [0.3, 0.4) is 0 Å². The average molecular weight is 366 g/mol. The molecule has 3 atom stereocenters. The summed E-state index contributed by atoms with van der Waals surface area (Å²) in [5, 5.41) is 37.3. The van der Waals surface area contributed by atoms with E-state index in [0.717, 1.165) is 0 Å². The molecule has 0 aromatic rings. The second-order valence-electron chi connectivity index (χ2n) is 7.14. The Morgan fingerprint density at radius 3 is 2.96 bits per heavy atom. The molecule has 1 amide bonds. The summed E-state index contributed by atoms with van der Waals surface area (Å²) in [4.78, 5) is 17.9. The number of carbonyl (C=O) groups is 1. The molecule has 12 nitrogen and oxygen atoms in total. The van der Waals surface area contributed by atoms with E-state index in [-0.39, 0.29) is 25.5 Å². The van der Waals surface area contributed by atoms with Crippen LogP contribution < -0.4 is 21.7 Å². The van der Waals surface area contributed by atoms with Gasteiger partial charge >= 0.3 is 6.09 Å². The van der Waals surface area contributed by atoms with Crippen LogP contribution in [0.4, 0.5) is 4.79 Å². The minimum atomic E-state index is -2.07. The maximum absolute atomic E-state index is 11.9. The number of nitrogens with one attached hydrogen (secondary N) is 3. The van der Waals surface area contributed by atoms with Crippen molar-refractivity contribution in [3.63, 3.8) is 0 Å². The Bertz CT molecular complexity index is 716. The van der Waals surface area contributed by atoms with Crippen molar-refractivity contribution >= 4 is 12.1 Å². The largest absolute Gasteiger partial charge is 0.447 e. The van der Waals surface area contributed by atoms with E-state index in [9.17, 15) is 15.0 Å². The molecule has 4 aliphatic heterocycles. The van der Waals surface area contributed by atoms with Crippen molar-refractivity contribution in [3.05, 3.63) is 12.4 Å². The fraction of sp³-hybridized carbons (Fsp3) is 0.714. The third-order valence-electron chi connectivity index (χ3n) is 5.21. The SMILES string of the molecule is C=C1NC(COC(=O)NCC2(C)N=N2)C2N=C(N)NC23N1CCC3(O)O. The van der Waals surface area contributed by atoms with Crippen molar-refractivity contribution in [3.8, 4) is 0 Å². The summed E-state index contributed by atoms with van der Waals surface area (Å²) in [5.74, 6) is -1.51. The van der Waals surface area contributed by atoms with Crippen LogP contribution >= 0.6 is 0 Å². The Kier molecular flexibility index (Phi) is 3.37. The van der Waals surface area contributed by atoms with E-state index in [1.54, 1.807) is 11.8 Å². The predicted molar refractivity (Wildman–Crippen MR) is 88.4 cm³/mol. The summed E-state index contributed by atoms with van der Waals surface area (Å²) < 4.78 is 5.25. The predicted octanol–water partition coefficient (Wildman–Crippen LogP) is -2.29. The van der Waals surface area contributed by atoms with Crippen molar-refractivity contribution in [1.82, 2.24) is 20.9 Å². The number of guanidine groups is 1. The summed E-state index contributed by atoms with van der Waals surface area (Å²) >= 11 is 0. The Hall–Kier alpha value is -2.60. The molecule has 2 saturated heterocycles. The van der Waals surface area contributed by atoms with E-state index in [0.29, 0.717) is 12.4 Å². The molecule has 3 unspecified atom stereocenters. The maximum Gasteiger partial charge on any atom is 0.407 e. The molecule has 1 spiro atoms. The number of nitrogens with two attached hydrogens (primary N) is 1. The summed E-state index contributed by atoms with van der Waals surface area (Å²) in [6.07, 6.45) is -0.527. The molecular formula is C14H22N8O4. The van der Waals surface area contributed by atoms with Gasteiger partial charge in [-0.25, -0.2) is 9.79 Å². The first kappa shape index (κ1) is 16.8. The van der Waals surface area contributed by atoms with E-state index >= 15 is 0 Å². The topological polar surface area (TPSA) is 169 Å². The Morgan fingerprint density at radius 2 is 2.27 bits per heavy atom. The molecule has 4 aliphatic rings. The number of alkyl carbamates (subject to hydrolysis) is 1. The minimum absolute atomic E-state index is 0.0648. The molecule has 142 valence electrons. The smallest absolute Gasteiger partial charge is 0.407 e. The van der Waals surface area contributed by atoms with Gasteiger partial charge in [0.25, 0.3) is 0 Å². The molecule has 0 radical (unpaired) electrons. The summed E-state index contributed by atoms with van der Waals surface area (Å²) in [6, 6.07) is -1.23. The van der Waals surface area contributed by atoms with E-state index in [2.05, 4.69) is 37.8 Å². The van der Waals surface area contributed by atoms with Gasteiger partial charge in [-0.15, -0.1) is 0 Å². The number of aliphatic imine (C=N–C) groups is 1. The first-order chi connectivity index (χ1) is 12.2. The molecule has 0 aliphatic carbocycles. The lowest BCUT2D eigenvalue weighted by Crippen LogP contribution is -2.77. The highest BCUT2D eigenvalue weighted by molar-refractivity contribution is 5.82. The molecule has 0 bridgehead atoms. The van der Waals surface area contributed by atoms with Crippen LogP contribution in [-0.4, -0.2) is 76.1 Å². The second kappa shape index (κ2) is 5.20. The molecule has 2 fully saturated rings. The second-order valence-corrected chi connectivity index (χ2v) is 7.14. The lowest BCUT2D eigenvalue weighted by atomic mass is 9.86. The van der Waals surface area contributed by atoms with E-state index in [4.69, 9.17) is 10.5 Å². The van der Waals surface area contributed by atoms with Crippen LogP contribution in [-0.2, 0) is 4.74 Å². The molecular weight excluding hydrogens is 344 g/mol. The first-order valence-electron chi connectivity index (χ1n) is 8.31. The van der Waals surface area contributed by atoms with Crippen LogP contribution in [0.25, 0.3) is 0 Å². The highest BCUT2D eigenvalue weighted by Gasteiger charge is 2.69. The highest BCUT2D eigenvalue weighted by Crippen LogP contribution is 2.45. The molecule has 0 aromatic heterocycles. The number of amides is 1. The zero-order chi connectivity index (χ0) is 18.7. The minimum Gasteiger partial charge on any atom is -0.447 e. The number of hydrogen-bond donors (Lipinski definition) is 6. The summed E-state index contributed by atoms with van der Waals surface area (Å²) in [5.41, 5.74) is 3.92. The van der Waals surface area contributed by atoms with Crippen LogP contribution in [0, 0.1) is 0 Å². The Morgan fingerprint density at radius 1 is 1.54 bits per heavy atom. The van der Waals surface area contributed by atoms with Crippen molar-refractivity contribution in [2.45, 2.75) is 42.5 Å². The number of nitrogens with zero attached hydrogens (tertiary/aromatic N) is 4. The third-order valence-corrected chi connectivity index (χ3v) is 5.21. The van der Waals surface area contributed by atoms with Crippen molar-refractivity contribution < 1.29 is 19.7 Å². The summed E-state index contributed by atoms with van der Waals surface area (Å²) in [6.45, 7) is 6.27. The van der Waals surface area contributed by atoms with Gasteiger partial charge in [-0.1, -0.05) is 6.58 Å².